The molecule has 0 radical (unpaired) electrons. The quantitative estimate of drug-likeness (QED) is 0.372. The Morgan fingerprint density at radius 3 is 2.35 bits per heavy atom. The number of benzene rings is 2. The maximum absolute atomic E-state index is 10.9. The Bertz CT molecular complexity index is 837. The third kappa shape index (κ3) is 3.43. The van der Waals surface area contributed by atoms with Gasteiger partial charge in [-0.2, -0.15) is 0 Å². The number of rotatable bonds is 4. The van der Waals surface area contributed by atoms with Crippen LogP contribution in [0.1, 0.15) is 5.56 Å². The molecule has 0 aliphatic carbocycles. The van der Waals surface area contributed by atoms with E-state index in [1.807, 2.05) is 0 Å². The summed E-state index contributed by atoms with van der Waals surface area (Å²) in [6.45, 7) is 0. The number of phenols is 2. The summed E-state index contributed by atoms with van der Waals surface area (Å²) < 4.78 is 0. The second kappa shape index (κ2) is 6.14. The van der Waals surface area contributed by atoms with E-state index in [4.69, 9.17) is 0 Å². The van der Waals surface area contributed by atoms with Gasteiger partial charge < -0.3 is 10.2 Å². The number of non-ortho nitro benzene ring substituents is 1. The molecule has 116 valence electrons. The van der Waals surface area contributed by atoms with E-state index >= 15 is 0 Å². The van der Waals surface area contributed by atoms with Gasteiger partial charge in [-0.15, -0.1) is 0 Å². The number of aromatic hydroxyl groups is 2. The van der Waals surface area contributed by atoms with Crippen LogP contribution in [0, 0.1) is 20.2 Å². The molecular weight excluding hydrogens is 305 g/mol. The summed E-state index contributed by atoms with van der Waals surface area (Å²) in [4.78, 5) is 24.0. The third-order valence-electron chi connectivity index (χ3n) is 2.97. The lowest BCUT2D eigenvalue weighted by molar-refractivity contribution is -0.385. The van der Waals surface area contributed by atoms with Gasteiger partial charge in [-0.1, -0.05) is 11.5 Å². The van der Waals surface area contributed by atoms with Gasteiger partial charge in [-0.25, -0.2) is 0 Å². The van der Waals surface area contributed by atoms with Crippen molar-refractivity contribution in [1.29, 1.82) is 0 Å². The fourth-order valence-corrected chi connectivity index (χ4v) is 1.90. The van der Waals surface area contributed by atoms with Crippen molar-refractivity contribution >= 4 is 36.6 Å². The molecule has 2 N–H and O–H groups in total. The van der Waals surface area contributed by atoms with Crippen LogP contribution in [0.4, 0.5) is 17.1 Å². The van der Waals surface area contributed by atoms with Crippen molar-refractivity contribution in [1.82, 2.24) is 0 Å². The number of nitro groups is 2. The molecule has 10 heteroatoms. The Kier molecular flexibility index (Phi) is 4.26. The zero-order valence-electron chi connectivity index (χ0n) is 11.8. The van der Waals surface area contributed by atoms with Gasteiger partial charge in [0.15, 0.2) is 0 Å². The van der Waals surface area contributed by atoms with E-state index in [9.17, 15) is 30.4 Å². The molecule has 0 aliphatic heterocycles. The van der Waals surface area contributed by atoms with E-state index in [-0.39, 0.29) is 16.9 Å². The number of hydrogen-bond acceptors (Lipinski definition) is 7. The molecule has 0 heterocycles. The minimum Gasteiger partial charge on any atom is -0.505 e. The lowest BCUT2D eigenvalue weighted by Gasteiger charge is -2.03. The third-order valence-corrected chi connectivity index (χ3v) is 2.97. The summed E-state index contributed by atoms with van der Waals surface area (Å²) >= 11 is 0. The number of nitro benzene ring substituents is 2. The van der Waals surface area contributed by atoms with Crippen molar-refractivity contribution in [2.45, 2.75) is 0 Å². The monoisotopic (exact) mass is 315 g/mol. The van der Waals surface area contributed by atoms with Crippen LogP contribution in [0.5, 0.6) is 11.5 Å². The van der Waals surface area contributed by atoms with Crippen LogP contribution in [0.3, 0.4) is 0 Å². The number of hydrogen-bond donors (Lipinski definition) is 2. The fourth-order valence-electron chi connectivity index (χ4n) is 1.90. The summed E-state index contributed by atoms with van der Waals surface area (Å²) in [7, 11) is 1.62. The Morgan fingerprint density at radius 2 is 1.78 bits per heavy atom. The van der Waals surface area contributed by atoms with Crippen LogP contribution in [-0.4, -0.2) is 34.1 Å². The molecular formula is C13H10BN3O6. The highest BCUT2D eigenvalue weighted by Gasteiger charge is 2.17. The van der Waals surface area contributed by atoms with Gasteiger partial charge in [-0.05, 0) is 6.07 Å². The molecule has 23 heavy (non-hydrogen) atoms. The van der Waals surface area contributed by atoms with Gasteiger partial charge >= 0.3 is 5.69 Å². The maximum Gasteiger partial charge on any atom is 0.310 e. The van der Waals surface area contributed by atoms with Crippen LogP contribution in [0.25, 0.3) is 0 Å². The van der Waals surface area contributed by atoms with Crippen LogP contribution < -0.4 is 5.46 Å². The van der Waals surface area contributed by atoms with E-state index in [2.05, 4.69) is 4.99 Å². The van der Waals surface area contributed by atoms with Crippen molar-refractivity contribution in [2.75, 3.05) is 0 Å². The SMILES string of the molecule is Bc1cc(/C=N/c2ccc([N+](=O)[O-])cc2O)c(O)c([N+](=O)[O-])c1. The first-order valence-electron chi connectivity index (χ1n) is 6.29. The average molecular weight is 315 g/mol. The van der Waals surface area contributed by atoms with Crippen molar-refractivity contribution in [3.8, 4) is 11.5 Å². The first-order valence-corrected chi connectivity index (χ1v) is 6.29. The first kappa shape index (κ1) is 16.0. The summed E-state index contributed by atoms with van der Waals surface area (Å²) in [5.74, 6) is -0.970. The summed E-state index contributed by atoms with van der Waals surface area (Å²) in [6, 6.07) is 6.02. The van der Waals surface area contributed by atoms with E-state index in [1.165, 1.54) is 18.2 Å². The van der Waals surface area contributed by atoms with Crippen molar-refractivity contribution < 1.29 is 20.1 Å². The number of nitrogens with zero attached hydrogens (tertiary/aromatic N) is 3. The summed E-state index contributed by atoms with van der Waals surface area (Å²) in [5, 5.41) is 41.0. The van der Waals surface area contributed by atoms with Crippen molar-refractivity contribution in [2.24, 2.45) is 4.99 Å². The predicted molar refractivity (Wildman–Crippen MR) is 85.0 cm³/mol. The van der Waals surface area contributed by atoms with Gasteiger partial charge in [0.25, 0.3) is 5.69 Å². The molecule has 0 amide bonds. The Balaban J connectivity index is 2.41. The molecule has 0 fully saturated rings. The van der Waals surface area contributed by atoms with E-state index in [0.29, 0.717) is 5.46 Å². The predicted octanol–water partition coefficient (Wildman–Crippen LogP) is 0.923. The number of aliphatic imine (C=N–C) groups is 1. The number of phenolic OH excluding ortho intramolecular Hbond substituents is 2. The molecule has 0 unspecified atom stereocenters. The van der Waals surface area contributed by atoms with Gasteiger partial charge in [0.2, 0.25) is 5.75 Å². The van der Waals surface area contributed by atoms with Crippen LogP contribution >= 0.6 is 0 Å². The molecule has 0 aromatic heterocycles. The lowest BCUT2D eigenvalue weighted by Crippen LogP contribution is -2.06. The van der Waals surface area contributed by atoms with Crippen LogP contribution in [0.15, 0.2) is 35.3 Å². The minimum atomic E-state index is -0.719. The van der Waals surface area contributed by atoms with Gasteiger partial charge in [0.05, 0.1) is 15.9 Å². The van der Waals surface area contributed by atoms with Crippen molar-refractivity contribution in [3.05, 3.63) is 56.1 Å². The first-order chi connectivity index (χ1) is 10.8. The van der Waals surface area contributed by atoms with Gasteiger partial charge in [0, 0.05) is 23.9 Å². The lowest BCUT2D eigenvalue weighted by atomic mass is 9.93. The molecule has 0 saturated heterocycles. The molecule has 0 spiro atoms. The smallest absolute Gasteiger partial charge is 0.310 e. The van der Waals surface area contributed by atoms with E-state index in [1.54, 1.807) is 7.85 Å². The topological polar surface area (TPSA) is 139 Å². The zero-order valence-corrected chi connectivity index (χ0v) is 11.8. The highest BCUT2D eigenvalue weighted by atomic mass is 16.6. The maximum atomic E-state index is 10.9. The van der Waals surface area contributed by atoms with E-state index < -0.39 is 27.0 Å². The van der Waals surface area contributed by atoms with Crippen LogP contribution in [0.2, 0.25) is 0 Å². The summed E-state index contributed by atoms with van der Waals surface area (Å²) in [5.41, 5.74) is -0.0904. The largest absolute Gasteiger partial charge is 0.505 e. The normalized spacial score (nSPS) is 10.8. The Labute approximate surface area is 130 Å². The highest BCUT2D eigenvalue weighted by Crippen LogP contribution is 2.31. The molecule has 0 aliphatic rings. The summed E-state index contributed by atoms with van der Waals surface area (Å²) in [6.07, 6.45) is 1.14. The zero-order chi connectivity index (χ0) is 17.1. The van der Waals surface area contributed by atoms with E-state index in [0.717, 1.165) is 18.3 Å². The highest BCUT2D eigenvalue weighted by molar-refractivity contribution is 6.33. The standard InChI is InChI=1S/C13H10BN3O6/c14-8-3-7(13(19)11(4-8)17(22)23)6-15-10-2-1-9(16(20)21)5-12(10)18/h1-6,18-19H,14H2/b15-6+. The molecule has 2 rings (SSSR count). The molecule has 2 aromatic rings. The minimum absolute atomic E-state index is 0.0270. The molecule has 9 nitrogen and oxygen atoms in total. The van der Waals surface area contributed by atoms with Gasteiger partial charge in [-0.3, -0.25) is 25.2 Å². The molecule has 0 saturated carbocycles. The fraction of sp³-hybridized carbons (Fsp3) is 0. The molecule has 2 aromatic carbocycles. The van der Waals surface area contributed by atoms with Crippen LogP contribution in [-0.2, 0) is 0 Å². The molecule has 0 atom stereocenters. The Morgan fingerprint density at radius 1 is 1.09 bits per heavy atom. The average Bonchev–Trinajstić information content (AvgIpc) is 2.48. The molecule has 0 bridgehead atoms. The second-order valence-corrected chi connectivity index (χ2v) is 4.67. The Hall–Kier alpha value is -3.43. The van der Waals surface area contributed by atoms with Crippen molar-refractivity contribution in [3.63, 3.8) is 0 Å². The second-order valence-electron chi connectivity index (χ2n) is 4.67. The van der Waals surface area contributed by atoms with Gasteiger partial charge in [0.1, 0.15) is 19.3 Å².